The lowest BCUT2D eigenvalue weighted by molar-refractivity contribution is 0.102. The summed E-state index contributed by atoms with van der Waals surface area (Å²) >= 11 is 0. The van der Waals surface area contributed by atoms with Crippen LogP contribution >= 0.6 is 0 Å². The minimum atomic E-state index is -0.383. The largest absolute Gasteiger partial charge is 0.384 e. The lowest BCUT2D eigenvalue weighted by atomic mass is 10.2. The molecular weight excluding hydrogens is 254 g/mol. The van der Waals surface area contributed by atoms with Gasteiger partial charge in [0.15, 0.2) is 0 Å². The van der Waals surface area contributed by atoms with Gasteiger partial charge in [-0.25, -0.2) is 9.97 Å². The van der Waals surface area contributed by atoms with Crippen LogP contribution < -0.4 is 5.32 Å². The zero-order valence-corrected chi connectivity index (χ0v) is 10.9. The van der Waals surface area contributed by atoms with Crippen LogP contribution in [0.5, 0.6) is 0 Å². The zero-order chi connectivity index (χ0) is 14.4. The number of carbonyl (C=O) groups is 1. The van der Waals surface area contributed by atoms with Gasteiger partial charge in [0.25, 0.3) is 5.91 Å². The van der Waals surface area contributed by atoms with Crippen molar-refractivity contribution in [1.82, 2.24) is 9.97 Å². The van der Waals surface area contributed by atoms with Crippen LogP contribution in [0.3, 0.4) is 0 Å². The number of aryl methyl sites for hydroxylation is 1. The number of amides is 1. The van der Waals surface area contributed by atoms with Gasteiger partial charge in [-0.05, 0) is 36.8 Å². The first-order chi connectivity index (χ1) is 9.70. The molecule has 5 nitrogen and oxygen atoms in total. The summed E-state index contributed by atoms with van der Waals surface area (Å²) in [7, 11) is 0. The molecule has 0 aliphatic carbocycles. The predicted molar refractivity (Wildman–Crippen MR) is 75.1 cm³/mol. The van der Waals surface area contributed by atoms with E-state index >= 15 is 0 Å². The summed E-state index contributed by atoms with van der Waals surface area (Å²) in [6.07, 6.45) is 3.14. The normalized spacial score (nSPS) is 9.50. The number of hydrogen-bond donors (Lipinski definition) is 2. The second kappa shape index (κ2) is 6.45. The van der Waals surface area contributed by atoms with Crippen molar-refractivity contribution >= 4 is 11.7 Å². The van der Waals surface area contributed by atoms with E-state index < -0.39 is 0 Å². The van der Waals surface area contributed by atoms with Gasteiger partial charge in [-0.2, -0.15) is 0 Å². The molecule has 0 atom stereocenters. The van der Waals surface area contributed by atoms with Crippen LogP contribution in [0.2, 0.25) is 0 Å². The van der Waals surface area contributed by atoms with Crippen molar-refractivity contribution in [2.45, 2.75) is 6.92 Å². The maximum Gasteiger partial charge on any atom is 0.276 e. The Balaban J connectivity index is 2.25. The number of nitrogens with one attached hydrogen (secondary N) is 1. The third-order valence-electron chi connectivity index (χ3n) is 2.48. The highest BCUT2D eigenvalue weighted by Crippen LogP contribution is 2.09. The maximum absolute atomic E-state index is 12.2. The minimum absolute atomic E-state index is 0.205. The average Bonchev–Trinajstić information content (AvgIpc) is 2.45. The van der Waals surface area contributed by atoms with Gasteiger partial charge in [0, 0.05) is 12.4 Å². The van der Waals surface area contributed by atoms with E-state index in [2.05, 4.69) is 27.1 Å². The summed E-state index contributed by atoms with van der Waals surface area (Å²) in [5, 5.41) is 11.4. The second-order valence-corrected chi connectivity index (χ2v) is 4.03. The molecule has 0 bridgehead atoms. The van der Waals surface area contributed by atoms with Gasteiger partial charge in [0.05, 0.1) is 5.56 Å². The number of aliphatic hydroxyl groups excluding tert-OH is 1. The lowest BCUT2D eigenvalue weighted by Gasteiger charge is -2.05. The SMILES string of the molecule is Cc1ccnc(NC(=O)c2ncccc2C#CCO)c1. The molecule has 2 N–H and O–H groups in total. The van der Waals surface area contributed by atoms with Gasteiger partial charge in [-0.3, -0.25) is 4.79 Å². The van der Waals surface area contributed by atoms with E-state index in [1.54, 1.807) is 24.4 Å². The fourth-order valence-electron chi connectivity index (χ4n) is 1.60. The molecule has 0 saturated carbocycles. The van der Waals surface area contributed by atoms with Crippen LogP contribution in [-0.2, 0) is 0 Å². The van der Waals surface area contributed by atoms with E-state index in [0.717, 1.165) is 5.56 Å². The first kappa shape index (κ1) is 13.7. The molecule has 2 rings (SSSR count). The number of aromatic nitrogens is 2. The van der Waals surface area contributed by atoms with Gasteiger partial charge < -0.3 is 10.4 Å². The molecule has 0 aliphatic heterocycles. The summed E-state index contributed by atoms with van der Waals surface area (Å²) in [5.41, 5.74) is 1.67. The highest BCUT2D eigenvalue weighted by Gasteiger charge is 2.12. The van der Waals surface area contributed by atoms with Gasteiger partial charge in [0.1, 0.15) is 18.1 Å². The Morgan fingerprint density at radius 2 is 2.20 bits per heavy atom. The molecule has 0 radical (unpaired) electrons. The number of aliphatic hydroxyl groups is 1. The Kier molecular flexibility index (Phi) is 4.43. The third-order valence-corrected chi connectivity index (χ3v) is 2.48. The van der Waals surface area contributed by atoms with Gasteiger partial charge in [-0.15, -0.1) is 0 Å². The van der Waals surface area contributed by atoms with Crippen molar-refractivity contribution in [1.29, 1.82) is 0 Å². The smallest absolute Gasteiger partial charge is 0.276 e. The molecular formula is C15H13N3O2. The van der Waals surface area contributed by atoms with Crippen molar-refractivity contribution in [2.75, 3.05) is 11.9 Å². The standard InChI is InChI=1S/C15H13N3O2/c1-11-6-8-16-13(10-11)18-15(20)14-12(5-3-9-19)4-2-7-17-14/h2,4,6-8,10,19H,9H2,1H3,(H,16,18,20). The second-order valence-electron chi connectivity index (χ2n) is 4.03. The Bertz CT molecular complexity index is 687. The first-order valence-electron chi connectivity index (χ1n) is 5.99. The molecule has 0 unspecified atom stereocenters. The fourth-order valence-corrected chi connectivity index (χ4v) is 1.60. The predicted octanol–water partition coefficient (Wildman–Crippen LogP) is 1.38. The van der Waals surface area contributed by atoms with Crippen LogP contribution in [0.4, 0.5) is 5.82 Å². The van der Waals surface area contributed by atoms with E-state index in [-0.39, 0.29) is 18.2 Å². The van der Waals surface area contributed by atoms with Crippen LogP contribution in [0.25, 0.3) is 0 Å². The number of carbonyl (C=O) groups excluding carboxylic acids is 1. The molecule has 0 saturated heterocycles. The number of nitrogens with zero attached hydrogens (tertiary/aromatic N) is 2. The summed E-state index contributed by atoms with van der Waals surface area (Å²) < 4.78 is 0. The highest BCUT2D eigenvalue weighted by molar-refractivity contribution is 6.04. The number of pyridine rings is 2. The molecule has 100 valence electrons. The van der Waals surface area contributed by atoms with Gasteiger partial charge in [0.2, 0.25) is 0 Å². The van der Waals surface area contributed by atoms with E-state index in [0.29, 0.717) is 11.4 Å². The molecule has 2 aromatic rings. The quantitative estimate of drug-likeness (QED) is 0.806. The van der Waals surface area contributed by atoms with E-state index in [1.807, 2.05) is 13.0 Å². The topological polar surface area (TPSA) is 75.1 Å². The van der Waals surface area contributed by atoms with Crippen LogP contribution in [0.15, 0.2) is 36.7 Å². The summed E-state index contributed by atoms with van der Waals surface area (Å²) in [6.45, 7) is 1.64. The molecule has 5 heteroatoms. The molecule has 2 heterocycles. The third kappa shape index (κ3) is 3.40. The van der Waals surface area contributed by atoms with Crippen LogP contribution in [0, 0.1) is 18.8 Å². The summed E-state index contributed by atoms with van der Waals surface area (Å²) in [5.74, 6) is 5.28. The first-order valence-corrected chi connectivity index (χ1v) is 5.99. The molecule has 0 aliphatic rings. The van der Waals surface area contributed by atoms with Crippen molar-refractivity contribution in [3.63, 3.8) is 0 Å². The lowest BCUT2D eigenvalue weighted by Crippen LogP contribution is -2.16. The van der Waals surface area contributed by atoms with Crippen molar-refractivity contribution in [3.05, 3.63) is 53.5 Å². The van der Waals surface area contributed by atoms with Gasteiger partial charge in [-0.1, -0.05) is 11.8 Å². The Morgan fingerprint density at radius 1 is 1.35 bits per heavy atom. The molecule has 0 aromatic carbocycles. The molecule has 20 heavy (non-hydrogen) atoms. The van der Waals surface area contributed by atoms with Crippen molar-refractivity contribution < 1.29 is 9.90 Å². The number of anilines is 1. The van der Waals surface area contributed by atoms with E-state index in [4.69, 9.17) is 5.11 Å². The Morgan fingerprint density at radius 3 is 2.95 bits per heavy atom. The Hall–Kier alpha value is -2.71. The average molecular weight is 267 g/mol. The molecule has 2 aromatic heterocycles. The highest BCUT2D eigenvalue weighted by atomic mass is 16.2. The van der Waals surface area contributed by atoms with Crippen molar-refractivity contribution in [2.24, 2.45) is 0 Å². The van der Waals surface area contributed by atoms with E-state index in [1.165, 1.54) is 6.20 Å². The van der Waals surface area contributed by atoms with Crippen LogP contribution in [-0.4, -0.2) is 27.6 Å². The minimum Gasteiger partial charge on any atom is -0.384 e. The van der Waals surface area contributed by atoms with Crippen LogP contribution in [0.1, 0.15) is 21.6 Å². The fraction of sp³-hybridized carbons (Fsp3) is 0.133. The maximum atomic E-state index is 12.2. The van der Waals surface area contributed by atoms with E-state index in [9.17, 15) is 4.79 Å². The zero-order valence-electron chi connectivity index (χ0n) is 10.9. The number of rotatable bonds is 2. The molecule has 1 amide bonds. The molecule has 0 fully saturated rings. The summed E-state index contributed by atoms with van der Waals surface area (Å²) in [4.78, 5) is 20.3. The Labute approximate surface area is 116 Å². The van der Waals surface area contributed by atoms with Gasteiger partial charge >= 0.3 is 0 Å². The number of hydrogen-bond acceptors (Lipinski definition) is 4. The summed E-state index contributed by atoms with van der Waals surface area (Å²) in [6, 6.07) is 6.96. The molecule has 0 spiro atoms. The van der Waals surface area contributed by atoms with Crippen molar-refractivity contribution in [3.8, 4) is 11.8 Å². The monoisotopic (exact) mass is 267 g/mol.